The molecule has 4 nitrogen and oxygen atoms in total. The van der Waals surface area contributed by atoms with Crippen LogP contribution in [-0.4, -0.2) is 44.2 Å². The molecule has 1 aromatic rings. The molecular formula is C17H28N2O2. The number of aryl methyl sites for hydroxylation is 2. The van der Waals surface area contributed by atoms with Crippen molar-refractivity contribution < 1.29 is 9.53 Å². The van der Waals surface area contributed by atoms with E-state index in [-0.39, 0.29) is 5.97 Å². The number of benzene rings is 1. The Morgan fingerprint density at radius 3 is 2.52 bits per heavy atom. The summed E-state index contributed by atoms with van der Waals surface area (Å²) in [6.45, 7) is 12.1. The van der Waals surface area contributed by atoms with E-state index in [2.05, 4.69) is 36.2 Å². The summed E-state index contributed by atoms with van der Waals surface area (Å²) in [6.07, 6.45) is 0. The van der Waals surface area contributed by atoms with Crippen LogP contribution in [0.1, 0.15) is 36.6 Å². The summed E-state index contributed by atoms with van der Waals surface area (Å²) in [5, 5.41) is 3.34. The maximum Gasteiger partial charge on any atom is 0.327 e. The van der Waals surface area contributed by atoms with Crippen molar-refractivity contribution in [2.45, 2.75) is 33.7 Å². The van der Waals surface area contributed by atoms with E-state index in [1.807, 2.05) is 19.9 Å². The fourth-order valence-electron chi connectivity index (χ4n) is 2.42. The molecule has 4 heteroatoms. The molecule has 0 fully saturated rings. The molecule has 0 spiro atoms. The van der Waals surface area contributed by atoms with Gasteiger partial charge in [-0.2, -0.15) is 0 Å². The minimum atomic E-state index is -0.398. The van der Waals surface area contributed by atoms with Crippen LogP contribution in [0.15, 0.2) is 18.2 Å². The van der Waals surface area contributed by atoms with Crippen LogP contribution in [0.25, 0.3) is 0 Å². The van der Waals surface area contributed by atoms with Crippen molar-refractivity contribution in [2.75, 3.05) is 33.3 Å². The summed E-state index contributed by atoms with van der Waals surface area (Å²) in [5.74, 6) is -0.233. The van der Waals surface area contributed by atoms with Crippen molar-refractivity contribution in [3.8, 4) is 0 Å². The molecular weight excluding hydrogens is 264 g/mol. The highest BCUT2D eigenvalue weighted by molar-refractivity contribution is 5.78. The zero-order valence-corrected chi connectivity index (χ0v) is 13.9. The van der Waals surface area contributed by atoms with Crippen molar-refractivity contribution in [1.29, 1.82) is 0 Å². The van der Waals surface area contributed by atoms with Crippen LogP contribution in [0, 0.1) is 13.8 Å². The van der Waals surface area contributed by atoms with E-state index < -0.39 is 6.04 Å². The fraction of sp³-hybridized carbons (Fsp3) is 0.588. The summed E-state index contributed by atoms with van der Waals surface area (Å²) in [6, 6.07) is 5.77. The average Bonchev–Trinajstić information content (AvgIpc) is 2.49. The predicted octanol–water partition coefficient (Wildman–Crippen LogP) is 2.45. The van der Waals surface area contributed by atoms with Crippen molar-refractivity contribution >= 4 is 5.97 Å². The van der Waals surface area contributed by atoms with Gasteiger partial charge in [0.2, 0.25) is 0 Å². The molecule has 0 amide bonds. The second-order valence-corrected chi connectivity index (χ2v) is 5.30. The van der Waals surface area contributed by atoms with E-state index in [0.717, 1.165) is 42.9 Å². The summed E-state index contributed by atoms with van der Waals surface area (Å²) >= 11 is 0. The first-order valence-corrected chi connectivity index (χ1v) is 7.64. The first kappa shape index (κ1) is 17.7. The molecule has 0 aromatic heterocycles. The van der Waals surface area contributed by atoms with Crippen molar-refractivity contribution in [1.82, 2.24) is 10.2 Å². The van der Waals surface area contributed by atoms with Gasteiger partial charge in [-0.3, -0.25) is 5.32 Å². The number of hydrogen-bond donors (Lipinski definition) is 1. The number of esters is 1. The normalized spacial score (nSPS) is 12.5. The van der Waals surface area contributed by atoms with Gasteiger partial charge in [-0.25, -0.2) is 4.79 Å². The highest BCUT2D eigenvalue weighted by atomic mass is 16.5. The summed E-state index contributed by atoms with van der Waals surface area (Å²) in [4.78, 5) is 14.4. The molecule has 0 saturated heterocycles. The smallest absolute Gasteiger partial charge is 0.327 e. The third-order valence-electron chi connectivity index (χ3n) is 3.85. The minimum absolute atomic E-state index is 0.233. The van der Waals surface area contributed by atoms with Crippen molar-refractivity contribution in [3.63, 3.8) is 0 Å². The van der Waals surface area contributed by atoms with Crippen LogP contribution in [0.2, 0.25) is 0 Å². The van der Waals surface area contributed by atoms with Gasteiger partial charge in [-0.1, -0.05) is 37.6 Å². The van der Waals surface area contributed by atoms with E-state index in [0.29, 0.717) is 0 Å². The van der Waals surface area contributed by atoms with Gasteiger partial charge in [0, 0.05) is 13.1 Å². The summed E-state index contributed by atoms with van der Waals surface area (Å²) < 4.78 is 4.96. The number of nitrogens with zero attached hydrogens (tertiary/aromatic N) is 1. The first-order valence-electron chi connectivity index (χ1n) is 7.64. The van der Waals surface area contributed by atoms with Gasteiger partial charge >= 0.3 is 5.97 Å². The topological polar surface area (TPSA) is 41.6 Å². The lowest BCUT2D eigenvalue weighted by Crippen LogP contribution is -2.37. The van der Waals surface area contributed by atoms with Gasteiger partial charge in [0.15, 0.2) is 0 Å². The quantitative estimate of drug-likeness (QED) is 0.747. The first-order chi connectivity index (χ1) is 10.0. The largest absolute Gasteiger partial charge is 0.468 e. The number of likely N-dealkylation sites (N-methyl/N-ethyl adjacent to an activating group) is 1. The van der Waals surface area contributed by atoms with E-state index in [1.54, 1.807) is 0 Å². The Morgan fingerprint density at radius 1 is 1.29 bits per heavy atom. The van der Waals surface area contributed by atoms with E-state index in [9.17, 15) is 4.79 Å². The minimum Gasteiger partial charge on any atom is -0.468 e. The number of carbonyl (C=O) groups is 1. The van der Waals surface area contributed by atoms with Crippen LogP contribution in [0.3, 0.4) is 0 Å². The molecule has 0 aliphatic carbocycles. The lowest BCUT2D eigenvalue weighted by Gasteiger charge is -2.22. The molecule has 0 aliphatic rings. The number of nitrogens with one attached hydrogen (secondary N) is 1. The lowest BCUT2D eigenvalue weighted by atomic mass is 9.99. The summed E-state index contributed by atoms with van der Waals surface area (Å²) in [7, 11) is 1.44. The number of hydrogen-bond acceptors (Lipinski definition) is 4. The number of carbonyl (C=O) groups excluding carboxylic acids is 1. The van der Waals surface area contributed by atoms with Crippen LogP contribution in [0.5, 0.6) is 0 Å². The van der Waals surface area contributed by atoms with Crippen LogP contribution >= 0.6 is 0 Å². The zero-order chi connectivity index (χ0) is 15.8. The van der Waals surface area contributed by atoms with Crippen molar-refractivity contribution in [3.05, 3.63) is 34.9 Å². The van der Waals surface area contributed by atoms with Gasteiger partial charge < -0.3 is 9.64 Å². The monoisotopic (exact) mass is 292 g/mol. The molecule has 0 aliphatic heterocycles. The number of rotatable bonds is 8. The Kier molecular flexibility index (Phi) is 7.40. The molecule has 0 bridgehead atoms. The predicted molar refractivity (Wildman–Crippen MR) is 86.5 cm³/mol. The van der Waals surface area contributed by atoms with Crippen LogP contribution in [0.4, 0.5) is 0 Å². The molecule has 0 radical (unpaired) electrons. The third-order valence-corrected chi connectivity index (χ3v) is 3.85. The summed E-state index contributed by atoms with van der Waals surface area (Å²) in [5.41, 5.74) is 3.25. The van der Waals surface area contributed by atoms with E-state index in [1.165, 1.54) is 7.11 Å². The van der Waals surface area contributed by atoms with Gasteiger partial charge in [-0.05, 0) is 38.1 Å². The lowest BCUT2D eigenvalue weighted by molar-refractivity contribution is -0.143. The molecule has 118 valence electrons. The molecule has 0 heterocycles. The molecule has 21 heavy (non-hydrogen) atoms. The maximum absolute atomic E-state index is 12.1. The van der Waals surface area contributed by atoms with Gasteiger partial charge in [-0.15, -0.1) is 0 Å². The molecule has 1 atom stereocenters. The third kappa shape index (κ3) is 5.14. The molecule has 1 rings (SSSR count). The fourth-order valence-corrected chi connectivity index (χ4v) is 2.42. The average molecular weight is 292 g/mol. The maximum atomic E-state index is 12.1. The Balaban J connectivity index is 2.81. The van der Waals surface area contributed by atoms with Crippen LogP contribution in [-0.2, 0) is 9.53 Å². The van der Waals surface area contributed by atoms with E-state index in [4.69, 9.17) is 4.74 Å². The van der Waals surface area contributed by atoms with Gasteiger partial charge in [0.25, 0.3) is 0 Å². The number of methoxy groups -OCH3 is 1. The van der Waals surface area contributed by atoms with Crippen LogP contribution < -0.4 is 5.32 Å². The van der Waals surface area contributed by atoms with Gasteiger partial charge in [0.1, 0.15) is 6.04 Å². The molecule has 1 aromatic carbocycles. The SMILES string of the molecule is CCN(CC)CCNC(C(=O)OC)c1cc(C)ccc1C. The highest BCUT2D eigenvalue weighted by Gasteiger charge is 2.22. The molecule has 1 N–H and O–H groups in total. The van der Waals surface area contributed by atoms with E-state index >= 15 is 0 Å². The van der Waals surface area contributed by atoms with Crippen molar-refractivity contribution in [2.24, 2.45) is 0 Å². The number of ether oxygens (including phenoxy) is 1. The Bertz CT molecular complexity index is 456. The highest BCUT2D eigenvalue weighted by Crippen LogP contribution is 2.20. The Labute approximate surface area is 128 Å². The second-order valence-electron chi connectivity index (χ2n) is 5.30. The zero-order valence-electron chi connectivity index (χ0n) is 13.9. The Hall–Kier alpha value is -1.39. The Morgan fingerprint density at radius 2 is 1.95 bits per heavy atom. The molecule has 1 unspecified atom stereocenters. The standard InChI is InChI=1S/C17H28N2O2/c1-6-19(7-2)11-10-18-16(17(20)21-5)15-12-13(3)8-9-14(15)4/h8-9,12,16,18H,6-7,10-11H2,1-5H3. The van der Waals surface area contributed by atoms with Gasteiger partial charge in [0.05, 0.1) is 7.11 Å². The second kappa shape index (κ2) is 8.80. The molecule has 0 saturated carbocycles.